The van der Waals surface area contributed by atoms with Crippen molar-refractivity contribution in [3.8, 4) is 22.6 Å². The van der Waals surface area contributed by atoms with Crippen LogP contribution in [0, 0.1) is 0 Å². The molecule has 0 spiro atoms. The third-order valence-electron chi connectivity index (χ3n) is 5.02. The molecule has 5 rings (SSSR count). The van der Waals surface area contributed by atoms with E-state index in [4.69, 9.17) is 39.0 Å². The Hall–Kier alpha value is -2.93. The fourth-order valence-electron chi connectivity index (χ4n) is 3.54. The van der Waals surface area contributed by atoms with E-state index >= 15 is 0 Å². The van der Waals surface area contributed by atoms with Gasteiger partial charge in [0.05, 0.1) is 16.6 Å². The molecule has 0 amide bonds. The van der Waals surface area contributed by atoms with Crippen molar-refractivity contribution in [2.45, 2.75) is 0 Å². The van der Waals surface area contributed by atoms with Gasteiger partial charge in [0, 0.05) is 31.0 Å². The van der Waals surface area contributed by atoms with Crippen molar-refractivity contribution in [2.75, 3.05) is 5.84 Å². The van der Waals surface area contributed by atoms with E-state index in [9.17, 15) is 4.79 Å². The van der Waals surface area contributed by atoms with E-state index in [0.717, 1.165) is 14.7 Å². The second-order valence-electron chi connectivity index (χ2n) is 6.97. The van der Waals surface area contributed by atoms with Gasteiger partial charge in [0.25, 0.3) is 5.56 Å². The number of fused-ring (bicyclic) bond motifs is 3. The van der Waals surface area contributed by atoms with Crippen molar-refractivity contribution in [3.05, 3.63) is 91.6 Å². The minimum Gasteiger partial charge on any atom is -0.334 e. The lowest BCUT2D eigenvalue weighted by Crippen LogP contribution is -2.30. The summed E-state index contributed by atoms with van der Waals surface area (Å²) in [5, 5.41) is 2.25. The molecule has 3 aromatic carbocycles. The first kappa shape index (κ1) is 20.0. The molecule has 31 heavy (non-hydrogen) atoms. The van der Waals surface area contributed by atoms with E-state index < -0.39 is 0 Å². The van der Waals surface area contributed by atoms with Gasteiger partial charge in [-0.05, 0) is 54.6 Å². The average Bonchev–Trinajstić information content (AvgIpc) is 2.76. The summed E-state index contributed by atoms with van der Waals surface area (Å²) in [7, 11) is 0. The van der Waals surface area contributed by atoms with Crippen molar-refractivity contribution < 1.29 is 0 Å². The van der Waals surface area contributed by atoms with Crippen LogP contribution in [0.4, 0.5) is 0 Å². The number of halogens is 3. The highest BCUT2D eigenvalue weighted by Gasteiger charge is 2.19. The van der Waals surface area contributed by atoms with Gasteiger partial charge in [-0.25, -0.2) is 14.6 Å². The molecule has 0 aliphatic carbocycles. The normalized spacial score (nSPS) is 11.3. The Balaban J connectivity index is 1.95. The summed E-state index contributed by atoms with van der Waals surface area (Å²) < 4.78 is 1.89. The van der Waals surface area contributed by atoms with Crippen LogP contribution in [0.15, 0.2) is 76.0 Å². The maximum atomic E-state index is 13.5. The SMILES string of the molecule is Nn1c(-c2ccc(Cl)cc2)nc2c(-c3ccc(Cl)cc3)nc3ccc(Br)cc3c2c1=O. The van der Waals surface area contributed by atoms with Gasteiger partial charge in [-0.3, -0.25) is 4.79 Å². The molecule has 2 aromatic heterocycles. The predicted octanol–water partition coefficient (Wildman–Crippen LogP) is 6.06. The van der Waals surface area contributed by atoms with Crippen LogP contribution in [-0.4, -0.2) is 14.6 Å². The van der Waals surface area contributed by atoms with E-state index in [1.807, 2.05) is 30.3 Å². The molecule has 8 heteroatoms. The van der Waals surface area contributed by atoms with E-state index in [0.29, 0.717) is 48.9 Å². The third kappa shape index (κ3) is 3.47. The fourth-order valence-corrected chi connectivity index (χ4v) is 4.15. The first-order valence-corrected chi connectivity index (χ1v) is 10.8. The first-order chi connectivity index (χ1) is 14.9. The molecule has 152 valence electrons. The smallest absolute Gasteiger partial charge is 0.280 e. The Bertz CT molecular complexity index is 1530. The highest BCUT2D eigenvalue weighted by atomic mass is 79.9. The molecule has 5 nitrogen and oxygen atoms in total. The van der Waals surface area contributed by atoms with Crippen LogP contribution in [0.5, 0.6) is 0 Å². The van der Waals surface area contributed by atoms with Gasteiger partial charge in [-0.2, -0.15) is 0 Å². The van der Waals surface area contributed by atoms with Crippen molar-refractivity contribution in [1.29, 1.82) is 0 Å². The highest BCUT2D eigenvalue weighted by Crippen LogP contribution is 2.32. The zero-order chi connectivity index (χ0) is 21.7. The number of nitrogens with zero attached hydrogens (tertiary/aromatic N) is 3. The van der Waals surface area contributed by atoms with Crippen molar-refractivity contribution >= 4 is 60.9 Å². The monoisotopic (exact) mass is 510 g/mol. The van der Waals surface area contributed by atoms with Gasteiger partial charge in [0.1, 0.15) is 5.52 Å². The second-order valence-corrected chi connectivity index (χ2v) is 8.76. The Morgan fingerprint density at radius 1 is 0.839 bits per heavy atom. The van der Waals surface area contributed by atoms with Gasteiger partial charge in [-0.1, -0.05) is 51.3 Å². The summed E-state index contributed by atoms with van der Waals surface area (Å²) in [6.45, 7) is 0. The fraction of sp³-hybridized carbons (Fsp3) is 0. The summed E-state index contributed by atoms with van der Waals surface area (Å²) in [5.74, 6) is 6.54. The number of hydrogen-bond acceptors (Lipinski definition) is 4. The van der Waals surface area contributed by atoms with Gasteiger partial charge in [0.2, 0.25) is 0 Å². The van der Waals surface area contributed by atoms with Crippen molar-refractivity contribution in [1.82, 2.24) is 14.6 Å². The number of nitrogen functional groups attached to an aromatic ring is 1. The maximum absolute atomic E-state index is 13.5. The molecule has 0 radical (unpaired) electrons. The summed E-state index contributed by atoms with van der Waals surface area (Å²) in [6.07, 6.45) is 0. The lowest BCUT2D eigenvalue weighted by molar-refractivity contribution is 0.928. The molecule has 0 bridgehead atoms. The number of benzene rings is 3. The summed E-state index contributed by atoms with van der Waals surface area (Å²) in [5.41, 5.74) is 2.80. The van der Waals surface area contributed by atoms with E-state index in [2.05, 4.69) is 15.9 Å². The molecular weight excluding hydrogens is 499 g/mol. The summed E-state index contributed by atoms with van der Waals surface area (Å²) in [6, 6.07) is 19.8. The Kier molecular flexibility index (Phi) is 4.93. The van der Waals surface area contributed by atoms with Crippen molar-refractivity contribution in [3.63, 3.8) is 0 Å². The topological polar surface area (TPSA) is 73.8 Å². The van der Waals surface area contributed by atoms with Crippen molar-refractivity contribution in [2.24, 2.45) is 0 Å². The molecule has 0 aliphatic heterocycles. The van der Waals surface area contributed by atoms with Crippen LogP contribution >= 0.6 is 39.1 Å². The van der Waals surface area contributed by atoms with E-state index in [-0.39, 0.29) is 5.56 Å². The molecule has 0 atom stereocenters. The summed E-state index contributed by atoms with van der Waals surface area (Å²) >= 11 is 15.6. The number of aromatic nitrogens is 3. The Labute approximate surface area is 195 Å². The molecular formula is C23H13BrCl2N4O. The molecule has 0 unspecified atom stereocenters. The van der Waals surface area contributed by atoms with Gasteiger partial charge in [-0.15, -0.1) is 0 Å². The average molecular weight is 512 g/mol. The van der Waals surface area contributed by atoms with Gasteiger partial charge >= 0.3 is 0 Å². The molecule has 2 N–H and O–H groups in total. The maximum Gasteiger partial charge on any atom is 0.280 e. The Morgan fingerprint density at radius 3 is 2.10 bits per heavy atom. The first-order valence-electron chi connectivity index (χ1n) is 9.25. The van der Waals surface area contributed by atoms with Gasteiger partial charge < -0.3 is 5.84 Å². The molecule has 0 saturated heterocycles. The standard InChI is InChI=1S/C23H13BrCl2N4O/c24-14-5-10-18-17(11-14)19-21(20(28-18)12-1-6-15(25)7-2-12)29-22(30(27)23(19)31)13-3-8-16(26)9-4-13/h1-11H,27H2. The third-order valence-corrected chi connectivity index (χ3v) is 6.02. The Morgan fingerprint density at radius 2 is 1.45 bits per heavy atom. The second kappa shape index (κ2) is 7.64. The number of pyridine rings is 1. The van der Waals surface area contributed by atoms with Gasteiger partial charge in [0.15, 0.2) is 5.82 Å². The predicted molar refractivity (Wildman–Crippen MR) is 130 cm³/mol. The largest absolute Gasteiger partial charge is 0.334 e. The van der Waals surface area contributed by atoms with E-state index in [1.165, 1.54) is 0 Å². The van der Waals surface area contributed by atoms with Crippen LogP contribution < -0.4 is 11.4 Å². The zero-order valence-electron chi connectivity index (χ0n) is 15.8. The molecule has 2 heterocycles. The lowest BCUT2D eigenvalue weighted by atomic mass is 10.0. The van der Waals surface area contributed by atoms with E-state index in [1.54, 1.807) is 36.4 Å². The molecule has 0 aliphatic rings. The molecule has 0 saturated carbocycles. The lowest BCUT2D eigenvalue weighted by Gasteiger charge is -2.14. The zero-order valence-corrected chi connectivity index (χ0v) is 18.9. The van der Waals surface area contributed by atoms with Crippen LogP contribution in [0.1, 0.15) is 0 Å². The van der Waals surface area contributed by atoms with Crippen LogP contribution in [-0.2, 0) is 0 Å². The number of nitrogens with two attached hydrogens (primary N) is 1. The quantitative estimate of drug-likeness (QED) is 0.231. The molecule has 0 fully saturated rings. The van der Waals surface area contributed by atoms with Crippen LogP contribution in [0.3, 0.4) is 0 Å². The number of hydrogen-bond donors (Lipinski definition) is 1. The molecule has 5 aromatic rings. The minimum atomic E-state index is -0.365. The number of rotatable bonds is 2. The summed E-state index contributed by atoms with van der Waals surface area (Å²) in [4.78, 5) is 23.1. The van der Waals surface area contributed by atoms with Crippen LogP contribution in [0.25, 0.3) is 44.5 Å². The van der Waals surface area contributed by atoms with Crippen LogP contribution in [0.2, 0.25) is 10.0 Å². The minimum absolute atomic E-state index is 0.320. The highest BCUT2D eigenvalue weighted by molar-refractivity contribution is 9.10.